The van der Waals surface area contributed by atoms with Crippen LogP contribution < -0.4 is 10.6 Å². The first-order valence-corrected chi connectivity index (χ1v) is 5.96. The fourth-order valence-corrected chi connectivity index (χ4v) is 1.71. The van der Waals surface area contributed by atoms with E-state index >= 15 is 0 Å². The SMILES string of the molecule is CC(C)[C@H](NC(=O)N1CCNC(=O)CC1)C(=O)O. The highest BCUT2D eigenvalue weighted by Crippen LogP contribution is 2.04. The second-order valence-electron chi connectivity index (χ2n) is 4.60. The molecule has 0 aliphatic carbocycles. The molecular formula is C11H19N3O4. The van der Waals surface area contributed by atoms with E-state index in [9.17, 15) is 14.4 Å². The van der Waals surface area contributed by atoms with E-state index in [1.165, 1.54) is 4.90 Å². The Labute approximate surface area is 106 Å². The predicted octanol–water partition coefficient (Wildman–Crippen LogP) is -0.373. The highest BCUT2D eigenvalue weighted by Gasteiger charge is 2.26. The largest absolute Gasteiger partial charge is 0.480 e. The molecule has 7 nitrogen and oxygen atoms in total. The van der Waals surface area contributed by atoms with E-state index in [4.69, 9.17) is 5.11 Å². The maximum Gasteiger partial charge on any atom is 0.326 e. The summed E-state index contributed by atoms with van der Waals surface area (Å²) in [4.78, 5) is 35.4. The van der Waals surface area contributed by atoms with Gasteiger partial charge in [-0.2, -0.15) is 0 Å². The number of rotatable bonds is 3. The third-order valence-corrected chi connectivity index (χ3v) is 2.81. The zero-order chi connectivity index (χ0) is 13.7. The van der Waals surface area contributed by atoms with Gasteiger partial charge >= 0.3 is 12.0 Å². The second-order valence-corrected chi connectivity index (χ2v) is 4.60. The van der Waals surface area contributed by atoms with Gasteiger partial charge in [0.1, 0.15) is 6.04 Å². The number of carboxylic acid groups (broad SMARTS) is 1. The molecule has 1 saturated heterocycles. The molecule has 0 bridgehead atoms. The van der Waals surface area contributed by atoms with Crippen LogP contribution in [0.1, 0.15) is 20.3 Å². The Bertz CT molecular complexity index is 343. The van der Waals surface area contributed by atoms with E-state index in [0.717, 1.165) is 0 Å². The third-order valence-electron chi connectivity index (χ3n) is 2.81. The van der Waals surface area contributed by atoms with Crippen molar-refractivity contribution in [3.8, 4) is 0 Å². The minimum Gasteiger partial charge on any atom is -0.480 e. The van der Waals surface area contributed by atoms with Crippen LogP contribution in [0.4, 0.5) is 4.79 Å². The Morgan fingerprint density at radius 2 is 2.06 bits per heavy atom. The lowest BCUT2D eigenvalue weighted by molar-refractivity contribution is -0.140. The molecule has 102 valence electrons. The molecule has 0 radical (unpaired) electrons. The first kappa shape index (κ1) is 14.3. The lowest BCUT2D eigenvalue weighted by Gasteiger charge is -2.24. The van der Waals surface area contributed by atoms with Gasteiger partial charge in [-0.15, -0.1) is 0 Å². The predicted molar refractivity (Wildman–Crippen MR) is 64.0 cm³/mol. The zero-order valence-electron chi connectivity index (χ0n) is 10.6. The van der Waals surface area contributed by atoms with Crippen molar-refractivity contribution in [2.24, 2.45) is 5.92 Å². The molecule has 0 aromatic carbocycles. The molecule has 3 N–H and O–H groups in total. The van der Waals surface area contributed by atoms with E-state index in [-0.39, 0.29) is 18.2 Å². The van der Waals surface area contributed by atoms with Crippen LogP contribution >= 0.6 is 0 Å². The lowest BCUT2D eigenvalue weighted by Crippen LogP contribution is -2.50. The molecule has 0 spiro atoms. The number of aliphatic carboxylic acids is 1. The first-order chi connectivity index (χ1) is 8.41. The molecule has 0 aromatic rings. The quantitative estimate of drug-likeness (QED) is 0.642. The molecule has 18 heavy (non-hydrogen) atoms. The number of nitrogens with one attached hydrogen (secondary N) is 2. The van der Waals surface area contributed by atoms with Crippen LogP contribution in [0.15, 0.2) is 0 Å². The lowest BCUT2D eigenvalue weighted by atomic mass is 10.1. The van der Waals surface area contributed by atoms with Crippen LogP contribution in [-0.4, -0.2) is 53.6 Å². The van der Waals surface area contributed by atoms with Crippen molar-refractivity contribution >= 4 is 17.9 Å². The average Bonchev–Trinajstić information content (AvgIpc) is 2.49. The summed E-state index contributed by atoms with van der Waals surface area (Å²) in [5.74, 6) is -1.34. The number of amides is 3. The minimum absolute atomic E-state index is 0.0936. The molecular weight excluding hydrogens is 238 g/mol. The van der Waals surface area contributed by atoms with Gasteiger partial charge in [-0.05, 0) is 5.92 Å². The molecule has 0 aromatic heterocycles. The number of carbonyl (C=O) groups excluding carboxylic acids is 2. The van der Waals surface area contributed by atoms with Gasteiger partial charge in [0, 0.05) is 26.1 Å². The van der Waals surface area contributed by atoms with Crippen LogP contribution in [-0.2, 0) is 9.59 Å². The second kappa shape index (κ2) is 6.23. The van der Waals surface area contributed by atoms with Crippen molar-refractivity contribution in [1.82, 2.24) is 15.5 Å². The van der Waals surface area contributed by atoms with Crippen molar-refractivity contribution in [2.75, 3.05) is 19.6 Å². The number of nitrogens with zero attached hydrogens (tertiary/aromatic N) is 1. The number of hydrogen-bond acceptors (Lipinski definition) is 3. The maximum absolute atomic E-state index is 11.9. The van der Waals surface area contributed by atoms with Gasteiger partial charge in [0.15, 0.2) is 0 Å². The van der Waals surface area contributed by atoms with Gasteiger partial charge in [-0.3, -0.25) is 4.79 Å². The summed E-state index contributed by atoms with van der Waals surface area (Å²) < 4.78 is 0. The van der Waals surface area contributed by atoms with Gasteiger partial charge in [-0.25, -0.2) is 9.59 Å². The van der Waals surface area contributed by atoms with Gasteiger partial charge < -0.3 is 20.6 Å². The highest BCUT2D eigenvalue weighted by atomic mass is 16.4. The molecule has 1 atom stereocenters. The summed E-state index contributed by atoms with van der Waals surface area (Å²) in [6, 6.07) is -1.35. The zero-order valence-corrected chi connectivity index (χ0v) is 10.6. The van der Waals surface area contributed by atoms with E-state index in [1.807, 2.05) is 0 Å². The van der Waals surface area contributed by atoms with Crippen LogP contribution in [0.3, 0.4) is 0 Å². The van der Waals surface area contributed by atoms with Crippen molar-refractivity contribution in [2.45, 2.75) is 26.3 Å². The normalized spacial score (nSPS) is 17.9. The summed E-state index contributed by atoms with van der Waals surface area (Å²) in [5.41, 5.74) is 0. The van der Waals surface area contributed by atoms with Crippen molar-refractivity contribution < 1.29 is 19.5 Å². The van der Waals surface area contributed by atoms with Gasteiger partial charge in [0.2, 0.25) is 5.91 Å². The molecule has 0 unspecified atom stereocenters. The van der Waals surface area contributed by atoms with Crippen molar-refractivity contribution in [3.63, 3.8) is 0 Å². The Kier molecular flexibility index (Phi) is 4.94. The number of urea groups is 1. The summed E-state index contributed by atoms with van der Waals surface area (Å²) in [7, 11) is 0. The monoisotopic (exact) mass is 257 g/mol. The Morgan fingerprint density at radius 1 is 1.39 bits per heavy atom. The van der Waals surface area contributed by atoms with Crippen LogP contribution in [0.25, 0.3) is 0 Å². The fraction of sp³-hybridized carbons (Fsp3) is 0.727. The van der Waals surface area contributed by atoms with Crippen molar-refractivity contribution in [1.29, 1.82) is 0 Å². The van der Waals surface area contributed by atoms with Gasteiger partial charge in [0.05, 0.1) is 0 Å². The molecule has 7 heteroatoms. The number of carbonyl (C=O) groups is 3. The molecule has 1 aliphatic rings. The Morgan fingerprint density at radius 3 is 2.61 bits per heavy atom. The number of carboxylic acids is 1. The third kappa shape index (κ3) is 3.90. The molecule has 1 aliphatic heterocycles. The number of hydrogen-bond donors (Lipinski definition) is 3. The first-order valence-electron chi connectivity index (χ1n) is 5.96. The topological polar surface area (TPSA) is 98.7 Å². The molecule has 1 fully saturated rings. The van der Waals surface area contributed by atoms with E-state index in [0.29, 0.717) is 19.6 Å². The van der Waals surface area contributed by atoms with E-state index < -0.39 is 18.0 Å². The maximum atomic E-state index is 11.9. The highest BCUT2D eigenvalue weighted by molar-refractivity contribution is 5.83. The molecule has 1 rings (SSSR count). The molecule has 1 heterocycles. The Balaban J connectivity index is 2.58. The smallest absolute Gasteiger partial charge is 0.326 e. The average molecular weight is 257 g/mol. The fourth-order valence-electron chi connectivity index (χ4n) is 1.71. The van der Waals surface area contributed by atoms with Crippen LogP contribution in [0.2, 0.25) is 0 Å². The summed E-state index contributed by atoms with van der Waals surface area (Å²) in [6.07, 6.45) is 0.243. The summed E-state index contributed by atoms with van der Waals surface area (Å²) in [5, 5.41) is 14.1. The van der Waals surface area contributed by atoms with Crippen molar-refractivity contribution in [3.05, 3.63) is 0 Å². The van der Waals surface area contributed by atoms with Gasteiger partial charge in [0.25, 0.3) is 0 Å². The Hall–Kier alpha value is -1.79. The van der Waals surface area contributed by atoms with Crippen LogP contribution in [0, 0.1) is 5.92 Å². The van der Waals surface area contributed by atoms with Gasteiger partial charge in [-0.1, -0.05) is 13.8 Å². The molecule has 3 amide bonds. The minimum atomic E-state index is -1.05. The van der Waals surface area contributed by atoms with E-state index in [2.05, 4.69) is 10.6 Å². The summed E-state index contributed by atoms with van der Waals surface area (Å²) in [6.45, 7) is 4.55. The van der Waals surface area contributed by atoms with Crippen LogP contribution in [0.5, 0.6) is 0 Å². The molecule has 0 saturated carbocycles. The van der Waals surface area contributed by atoms with E-state index in [1.54, 1.807) is 13.8 Å². The summed E-state index contributed by atoms with van der Waals surface area (Å²) >= 11 is 0. The standard InChI is InChI=1S/C11H19N3O4/c1-7(2)9(10(16)17)13-11(18)14-5-3-8(15)12-4-6-14/h7,9H,3-6H2,1-2H3,(H,12,15)(H,13,18)(H,16,17)/t9-/m0/s1.